The fourth-order valence-corrected chi connectivity index (χ4v) is 3.18. The first-order chi connectivity index (χ1) is 12.5. The van der Waals surface area contributed by atoms with Crippen LogP contribution in [0, 0.1) is 12.7 Å². The van der Waals surface area contributed by atoms with E-state index >= 15 is 0 Å². The van der Waals surface area contributed by atoms with Crippen molar-refractivity contribution in [2.24, 2.45) is 0 Å². The van der Waals surface area contributed by atoms with Crippen LogP contribution in [0.3, 0.4) is 0 Å². The maximum atomic E-state index is 14.3. The van der Waals surface area contributed by atoms with Gasteiger partial charge in [-0.1, -0.05) is 12.1 Å². The average molecular weight is 399 g/mol. The summed E-state index contributed by atoms with van der Waals surface area (Å²) in [5.41, 5.74) is -1.62. The summed E-state index contributed by atoms with van der Waals surface area (Å²) in [6.07, 6.45) is -2.75. The summed E-state index contributed by atoms with van der Waals surface area (Å²) in [5.74, 6) is -0.789. The molecule has 5 nitrogen and oxygen atoms in total. The Morgan fingerprint density at radius 1 is 1.07 bits per heavy atom. The van der Waals surface area contributed by atoms with Gasteiger partial charge in [0.2, 0.25) is 0 Å². The molecule has 0 saturated heterocycles. The highest BCUT2D eigenvalue weighted by atomic mass is 32.2. The number of nitrogens with zero attached hydrogens (tertiary/aromatic N) is 3. The SMILES string of the molecule is Cc1c(C(F)(F)F)nn(-c2ccc(S(C)(=O)=O)cn2)c1-c1ccccc1F. The van der Waals surface area contributed by atoms with Crippen LogP contribution in [-0.2, 0) is 16.0 Å². The van der Waals surface area contributed by atoms with Gasteiger partial charge in [0.05, 0.1) is 10.6 Å². The van der Waals surface area contributed by atoms with Crippen molar-refractivity contribution in [3.05, 3.63) is 59.7 Å². The average Bonchev–Trinajstić information content (AvgIpc) is 2.92. The van der Waals surface area contributed by atoms with Gasteiger partial charge in [-0.25, -0.2) is 22.5 Å². The highest BCUT2D eigenvalue weighted by Crippen LogP contribution is 2.37. The number of rotatable bonds is 3. The molecule has 0 radical (unpaired) electrons. The van der Waals surface area contributed by atoms with Gasteiger partial charge in [0.15, 0.2) is 21.3 Å². The van der Waals surface area contributed by atoms with Crippen molar-refractivity contribution in [3.63, 3.8) is 0 Å². The van der Waals surface area contributed by atoms with E-state index in [-0.39, 0.29) is 27.5 Å². The van der Waals surface area contributed by atoms with Crippen LogP contribution in [0.15, 0.2) is 47.5 Å². The molecule has 0 aliphatic heterocycles. The molecule has 27 heavy (non-hydrogen) atoms. The van der Waals surface area contributed by atoms with Gasteiger partial charge >= 0.3 is 6.18 Å². The van der Waals surface area contributed by atoms with Crippen LogP contribution >= 0.6 is 0 Å². The topological polar surface area (TPSA) is 64.8 Å². The molecule has 0 amide bonds. The number of halogens is 4. The van der Waals surface area contributed by atoms with Crippen LogP contribution in [-0.4, -0.2) is 29.4 Å². The van der Waals surface area contributed by atoms with E-state index in [4.69, 9.17) is 0 Å². The zero-order chi connectivity index (χ0) is 20.0. The molecule has 1 aromatic carbocycles. The predicted octanol–water partition coefficient (Wildman–Crippen LogP) is 3.80. The second-order valence-corrected chi connectivity index (χ2v) is 7.85. The Bertz CT molecular complexity index is 1100. The van der Waals surface area contributed by atoms with Crippen molar-refractivity contribution in [2.75, 3.05) is 6.26 Å². The molecular formula is C17H13F4N3O2S. The summed E-state index contributed by atoms with van der Waals surface area (Å²) in [6, 6.07) is 7.78. The lowest BCUT2D eigenvalue weighted by Gasteiger charge is -2.09. The molecular weight excluding hydrogens is 386 g/mol. The molecule has 0 aliphatic carbocycles. The Hall–Kier alpha value is -2.75. The van der Waals surface area contributed by atoms with Crippen LogP contribution in [0.1, 0.15) is 11.3 Å². The van der Waals surface area contributed by atoms with Crippen LogP contribution in [0.4, 0.5) is 17.6 Å². The second kappa shape index (κ2) is 6.45. The molecule has 142 valence electrons. The van der Waals surface area contributed by atoms with E-state index in [1.807, 2.05) is 0 Å². The van der Waals surface area contributed by atoms with Gasteiger partial charge in [-0.15, -0.1) is 0 Å². The third-order valence-corrected chi connectivity index (χ3v) is 4.98. The Balaban J connectivity index is 2.28. The molecule has 0 saturated carbocycles. The molecule has 0 spiro atoms. The molecule has 10 heteroatoms. The minimum absolute atomic E-state index is 0.0701. The fourth-order valence-electron chi connectivity index (χ4n) is 2.62. The van der Waals surface area contributed by atoms with E-state index < -0.39 is 27.5 Å². The lowest BCUT2D eigenvalue weighted by molar-refractivity contribution is -0.141. The first kappa shape index (κ1) is 19.0. The summed E-state index contributed by atoms with van der Waals surface area (Å²) in [5, 5.41) is 3.57. The first-order valence-electron chi connectivity index (χ1n) is 7.58. The Labute approximate surface area is 152 Å². The van der Waals surface area contributed by atoms with E-state index in [1.165, 1.54) is 37.3 Å². The van der Waals surface area contributed by atoms with E-state index in [0.29, 0.717) is 0 Å². The molecule has 0 unspecified atom stereocenters. The lowest BCUT2D eigenvalue weighted by atomic mass is 10.1. The summed E-state index contributed by atoms with van der Waals surface area (Å²) in [6.45, 7) is 1.19. The molecule has 0 aliphatic rings. The van der Waals surface area contributed by atoms with Crippen LogP contribution < -0.4 is 0 Å². The number of hydrogen-bond acceptors (Lipinski definition) is 4. The standard InChI is InChI=1S/C17H13F4N3O2S/c1-10-15(12-5-3-4-6-13(12)18)24(23-16(10)17(19,20)21)14-8-7-11(9-22-14)27(2,25)26/h3-9H,1-2H3. The Kier molecular flexibility index (Phi) is 4.54. The Morgan fingerprint density at radius 3 is 2.26 bits per heavy atom. The van der Waals surface area contributed by atoms with E-state index in [1.54, 1.807) is 0 Å². The van der Waals surface area contributed by atoms with Gasteiger partial charge in [0.25, 0.3) is 0 Å². The van der Waals surface area contributed by atoms with Crippen molar-refractivity contribution in [1.29, 1.82) is 0 Å². The van der Waals surface area contributed by atoms with Crippen molar-refractivity contribution in [3.8, 4) is 17.1 Å². The number of hydrogen-bond donors (Lipinski definition) is 0. The zero-order valence-corrected chi connectivity index (χ0v) is 14.9. The normalized spacial score (nSPS) is 12.4. The maximum absolute atomic E-state index is 14.3. The monoisotopic (exact) mass is 399 g/mol. The Morgan fingerprint density at radius 2 is 1.74 bits per heavy atom. The maximum Gasteiger partial charge on any atom is 0.435 e. The number of aromatic nitrogens is 3. The van der Waals surface area contributed by atoms with Crippen molar-refractivity contribution >= 4 is 9.84 Å². The summed E-state index contributed by atoms with van der Waals surface area (Å²) in [7, 11) is -3.53. The molecule has 2 aromatic heterocycles. The second-order valence-electron chi connectivity index (χ2n) is 5.84. The zero-order valence-electron chi connectivity index (χ0n) is 14.1. The molecule has 3 rings (SSSR count). The summed E-state index contributed by atoms with van der Waals surface area (Å²) < 4.78 is 78.2. The predicted molar refractivity (Wildman–Crippen MR) is 89.6 cm³/mol. The quantitative estimate of drug-likeness (QED) is 0.629. The van der Waals surface area contributed by atoms with E-state index in [2.05, 4.69) is 10.1 Å². The molecule has 3 aromatic rings. The van der Waals surface area contributed by atoms with E-state index in [9.17, 15) is 26.0 Å². The summed E-state index contributed by atoms with van der Waals surface area (Å²) in [4.78, 5) is 3.80. The molecule has 0 bridgehead atoms. The minimum atomic E-state index is -4.75. The molecule has 0 fully saturated rings. The largest absolute Gasteiger partial charge is 0.435 e. The van der Waals surface area contributed by atoms with Gasteiger partial charge in [0.1, 0.15) is 5.82 Å². The summed E-state index contributed by atoms with van der Waals surface area (Å²) >= 11 is 0. The van der Waals surface area contributed by atoms with Crippen molar-refractivity contribution in [2.45, 2.75) is 18.0 Å². The first-order valence-corrected chi connectivity index (χ1v) is 9.47. The number of alkyl halides is 3. The number of benzene rings is 1. The highest BCUT2D eigenvalue weighted by molar-refractivity contribution is 7.90. The van der Waals surface area contributed by atoms with Crippen LogP contribution in [0.2, 0.25) is 0 Å². The van der Waals surface area contributed by atoms with Crippen molar-refractivity contribution in [1.82, 2.24) is 14.8 Å². The van der Waals surface area contributed by atoms with Gasteiger partial charge in [-0.3, -0.25) is 0 Å². The smallest absolute Gasteiger partial charge is 0.236 e. The lowest BCUT2D eigenvalue weighted by Crippen LogP contribution is -2.09. The third kappa shape index (κ3) is 3.57. The van der Waals surface area contributed by atoms with Gasteiger partial charge in [-0.2, -0.15) is 18.3 Å². The van der Waals surface area contributed by atoms with Crippen LogP contribution in [0.5, 0.6) is 0 Å². The number of sulfone groups is 1. The molecule has 0 atom stereocenters. The van der Waals surface area contributed by atoms with Crippen molar-refractivity contribution < 1.29 is 26.0 Å². The highest BCUT2D eigenvalue weighted by Gasteiger charge is 2.38. The third-order valence-electron chi connectivity index (χ3n) is 3.89. The minimum Gasteiger partial charge on any atom is -0.236 e. The van der Waals surface area contributed by atoms with Gasteiger partial charge in [0, 0.05) is 23.6 Å². The fraction of sp³-hybridized carbons (Fsp3) is 0.176. The van der Waals surface area contributed by atoms with Gasteiger partial charge in [-0.05, 0) is 31.2 Å². The van der Waals surface area contributed by atoms with Crippen LogP contribution in [0.25, 0.3) is 17.1 Å². The van der Waals surface area contributed by atoms with E-state index in [0.717, 1.165) is 23.2 Å². The molecule has 0 N–H and O–H groups in total. The van der Waals surface area contributed by atoms with Gasteiger partial charge < -0.3 is 0 Å². The number of pyridine rings is 1. The molecule has 2 heterocycles.